The Morgan fingerprint density at radius 2 is 2.36 bits per heavy atom. The van der Waals surface area contributed by atoms with E-state index in [0.717, 1.165) is 18.4 Å². The molecule has 0 unspecified atom stereocenters. The zero-order valence-corrected chi connectivity index (χ0v) is 8.57. The van der Waals surface area contributed by atoms with Crippen LogP contribution in [0.3, 0.4) is 0 Å². The molecular weight excluding hydrogens is 178 g/mol. The molecule has 0 amide bonds. The number of carbonyl (C=O) groups excluding carboxylic acids is 1. The van der Waals surface area contributed by atoms with Crippen LogP contribution in [0.2, 0.25) is 0 Å². The van der Waals surface area contributed by atoms with Gasteiger partial charge in [0.25, 0.3) is 0 Å². The summed E-state index contributed by atoms with van der Waals surface area (Å²) in [6, 6.07) is 0. The lowest BCUT2D eigenvalue weighted by molar-refractivity contribution is -0.118. The van der Waals surface area contributed by atoms with Gasteiger partial charge in [-0.25, -0.2) is 0 Å². The molecule has 0 aliphatic heterocycles. The standard InChI is InChI=1S/C10H17N3O/c1-13-8-9(7-12-13)6-10(14)4-2-3-5-11/h7-8H,2-6,11H2,1H3. The van der Waals surface area contributed by atoms with E-state index in [1.165, 1.54) is 0 Å². The molecule has 0 fully saturated rings. The van der Waals surface area contributed by atoms with Crippen molar-refractivity contribution >= 4 is 5.78 Å². The minimum atomic E-state index is 0.270. The van der Waals surface area contributed by atoms with Crippen LogP contribution in [-0.2, 0) is 18.3 Å². The number of unbranched alkanes of at least 4 members (excludes halogenated alkanes) is 1. The van der Waals surface area contributed by atoms with Crippen molar-refractivity contribution in [2.45, 2.75) is 25.7 Å². The van der Waals surface area contributed by atoms with Crippen molar-refractivity contribution in [3.8, 4) is 0 Å². The van der Waals surface area contributed by atoms with Crippen LogP contribution in [0.1, 0.15) is 24.8 Å². The molecule has 0 radical (unpaired) electrons. The van der Waals surface area contributed by atoms with Crippen molar-refractivity contribution in [3.63, 3.8) is 0 Å². The third-order valence-corrected chi connectivity index (χ3v) is 2.07. The van der Waals surface area contributed by atoms with Crippen LogP contribution in [0.25, 0.3) is 0 Å². The lowest BCUT2D eigenvalue weighted by Gasteiger charge is -1.97. The van der Waals surface area contributed by atoms with Gasteiger partial charge in [0.05, 0.1) is 6.20 Å². The number of Topliss-reactive ketones (excluding diaryl/α,β-unsaturated/α-hetero) is 1. The minimum absolute atomic E-state index is 0.270. The Balaban J connectivity index is 2.27. The fourth-order valence-electron chi connectivity index (χ4n) is 1.35. The summed E-state index contributed by atoms with van der Waals surface area (Å²) in [7, 11) is 1.85. The van der Waals surface area contributed by atoms with E-state index in [0.29, 0.717) is 19.4 Å². The molecule has 0 spiro atoms. The van der Waals surface area contributed by atoms with Crippen LogP contribution in [-0.4, -0.2) is 22.1 Å². The number of ketones is 1. The van der Waals surface area contributed by atoms with E-state index in [9.17, 15) is 4.79 Å². The average Bonchev–Trinajstić information content (AvgIpc) is 2.52. The van der Waals surface area contributed by atoms with E-state index < -0.39 is 0 Å². The monoisotopic (exact) mass is 195 g/mol. The number of carbonyl (C=O) groups is 1. The number of rotatable bonds is 6. The van der Waals surface area contributed by atoms with Crippen LogP contribution in [0.15, 0.2) is 12.4 Å². The topological polar surface area (TPSA) is 60.9 Å². The molecule has 1 heterocycles. The third kappa shape index (κ3) is 3.70. The highest BCUT2D eigenvalue weighted by Gasteiger charge is 2.04. The molecule has 0 aliphatic rings. The fraction of sp³-hybridized carbons (Fsp3) is 0.600. The first kappa shape index (κ1) is 10.9. The van der Waals surface area contributed by atoms with E-state index in [1.54, 1.807) is 10.9 Å². The minimum Gasteiger partial charge on any atom is -0.330 e. The Morgan fingerprint density at radius 1 is 1.57 bits per heavy atom. The predicted octanol–water partition coefficient (Wildman–Crippen LogP) is 0.661. The molecule has 0 aliphatic carbocycles. The van der Waals surface area contributed by atoms with Crippen molar-refractivity contribution in [2.24, 2.45) is 12.8 Å². The molecule has 4 heteroatoms. The molecule has 14 heavy (non-hydrogen) atoms. The van der Waals surface area contributed by atoms with E-state index >= 15 is 0 Å². The number of hydrogen-bond acceptors (Lipinski definition) is 3. The molecule has 1 aromatic rings. The highest BCUT2D eigenvalue weighted by Crippen LogP contribution is 2.03. The Morgan fingerprint density at radius 3 is 2.93 bits per heavy atom. The zero-order valence-electron chi connectivity index (χ0n) is 8.57. The summed E-state index contributed by atoms with van der Waals surface area (Å²) < 4.78 is 1.71. The van der Waals surface area contributed by atoms with E-state index in [4.69, 9.17) is 5.73 Å². The van der Waals surface area contributed by atoms with Gasteiger partial charge in [-0.15, -0.1) is 0 Å². The highest BCUT2D eigenvalue weighted by atomic mass is 16.1. The van der Waals surface area contributed by atoms with Gasteiger partial charge in [-0.3, -0.25) is 9.48 Å². The summed E-state index contributed by atoms with van der Waals surface area (Å²) in [5, 5.41) is 4.01. The van der Waals surface area contributed by atoms with Gasteiger partial charge in [0, 0.05) is 26.1 Å². The molecule has 1 aromatic heterocycles. The number of aryl methyl sites for hydroxylation is 1. The second kappa shape index (κ2) is 5.54. The maximum absolute atomic E-state index is 11.4. The SMILES string of the molecule is Cn1cc(CC(=O)CCCCN)cn1. The Bertz CT molecular complexity index is 293. The van der Waals surface area contributed by atoms with E-state index in [-0.39, 0.29) is 5.78 Å². The van der Waals surface area contributed by atoms with Crippen molar-refractivity contribution in [2.75, 3.05) is 6.54 Å². The molecule has 2 N–H and O–H groups in total. The molecule has 0 atom stereocenters. The number of hydrogen-bond donors (Lipinski definition) is 1. The maximum atomic E-state index is 11.4. The molecular formula is C10H17N3O. The molecule has 0 saturated heterocycles. The summed E-state index contributed by atoms with van der Waals surface area (Å²) in [6.45, 7) is 0.667. The van der Waals surface area contributed by atoms with Crippen LogP contribution in [0, 0.1) is 0 Å². The van der Waals surface area contributed by atoms with Gasteiger partial charge in [-0.1, -0.05) is 0 Å². The number of aromatic nitrogens is 2. The van der Waals surface area contributed by atoms with Crippen molar-refractivity contribution in [1.29, 1.82) is 0 Å². The first-order valence-electron chi connectivity index (χ1n) is 4.91. The summed E-state index contributed by atoms with van der Waals surface area (Å²) in [5.41, 5.74) is 6.34. The molecule has 0 saturated carbocycles. The van der Waals surface area contributed by atoms with Crippen LogP contribution in [0.4, 0.5) is 0 Å². The third-order valence-electron chi connectivity index (χ3n) is 2.07. The number of nitrogens with two attached hydrogens (primary N) is 1. The summed E-state index contributed by atoms with van der Waals surface area (Å²) in [6.07, 6.45) is 6.57. The van der Waals surface area contributed by atoms with Crippen molar-refractivity contribution in [1.82, 2.24) is 9.78 Å². The lowest BCUT2D eigenvalue weighted by Crippen LogP contribution is -2.04. The Labute approximate surface area is 84.1 Å². The quantitative estimate of drug-likeness (QED) is 0.678. The smallest absolute Gasteiger partial charge is 0.137 e. The summed E-state index contributed by atoms with van der Waals surface area (Å²) in [5.74, 6) is 0.270. The maximum Gasteiger partial charge on any atom is 0.137 e. The molecule has 0 aromatic carbocycles. The number of nitrogens with zero attached hydrogens (tertiary/aromatic N) is 2. The van der Waals surface area contributed by atoms with Crippen molar-refractivity contribution in [3.05, 3.63) is 18.0 Å². The Hall–Kier alpha value is -1.16. The van der Waals surface area contributed by atoms with Gasteiger partial charge in [0.15, 0.2) is 0 Å². The van der Waals surface area contributed by atoms with E-state index in [1.807, 2.05) is 13.2 Å². The van der Waals surface area contributed by atoms with Crippen molar-refractivity contribution < 1.29 is 4.79 Å². The first-order valence-corrected chi connectivity index (χ1v) is 4.91. The Kier molecular flexibility index (Phi) is 4.32. The molecule has 78 valence electrons. The molecule has 1 rings (SSSR count). The molecule has 4 nitrogen and oxygen atoms in total. The van der Waals surface area contributed by atoms with Gasteiger partial charge in [-0.2, -0.15) is 5.10 Å². The normalized spacial score (nSPS) is 10.4. The molecule has 0 bridgehead atoms. The van der Waals surface area contributed by atoms with E-state index in [2.05, 4.69) is 5.10 Å². The van der Waals surface area contributed by atoms with Gasteiger partial charge in [0.2, 0.25) is 0 Å². The lowest BCUT2D eigenvalue weighted by atomic mass is 10.1. The second-order valence-corrected chi connectivity index (χ2v) is 3.48. The highest BCUT2D eigenvalue weighted by molar-refractivity contribution is 5.80. The predicted molar refractivity (Wildman–Crippen MR) is 54.8 cm³/mol. The average molecular weight is 195 g/mol. The fourth-order valence-corrected chi connectivity index (χ4v) is 1.35. The van der Waals surface area contributed by atoms with Gasteiger partial charge < -0.3 is 5.73 Å². The van der Waals surface area contributed by atoms with Crippen LogP contribution in [0.5, 0.6) is 0 Å². The van der Waals surface area contributed by atoms with Crippen LogP contribution >= 0.6 is 0 Å². The van der Waals surface area contributed by atoms with Gasteiger partial charge >= 0.3 is 0 Å². The van der Waals surface area contributed by atoms with Gasteiger partial charge in [0.1, 0.15) is 5.78 Å². The zero-order chi connectivity index (χ0) is 10.4. The summed E-state index contributed by atoms with van der Waals surface area (Å²) in [4.78, 5) is 11.4. The second-order valence-electron chi connectivity index (χ2n) is 3.48. The van der Waals surface area contributed by atoms with Gasteiger partial charge in [-0.05, 0) is 24.9 Å². The largest absolute Gasteiger partial charge is 0.330 e. The first-order chi connectivity index (χ1) is 6.72. The van der Waals surface area contributed by atoms with Crippen LogP contribution < -0.4 is 5.73 Å². The summed E-state index contributed by atoms with van der Waals surface area (Å²) >= 11 is 0.